The predicted octanol–water partition coefficient (Wildman–Crippen LogP) is 11.9. The largest absolute Gasteiger partial charge is 0.488 e. The minimum Gasteiger partial charge on any atom is -0.488 e. The molecular weight excluding hydrogens is 613 g/mol. The second kappa shape index (κ2) is 13.4. The van der Waals surface area contributed by atoms with E-state index in [1.807, 2.05) is 36.4 Å². The molecule has 0 saturated heterocycles. The first kappa shape index (κ1) is 33.0. The second-order valence-electron chi connectivity index (χ2n) is 15.1. The number of nitrogens with zero attached hydrogens (tertiary/aromatic N) is 2. The summed E-state index contributed by atoms with van der Waals surface area (Å²) in [6.07, 6.45) is 0. The Balaban J connectivity index is 1.34. The van der Waals surface area contributed by atoms with E-state index in [2.05, 4.69) is 139 Å². The fourth-order valence-corrected chi connectivity index (χ4v) is 6.18. The molecule has 0 radical (unpaired) electrons. The maximum atomic E-state index is 6.46. The van der Waals surface area contributed by atoms with Crippen LogP contribution in [0.3, 0.4) is 0 Å². The van der Waals surface area contributed by atoms with E-state index in [0.29, 0.717) is 13.2 Å². The molecule has 7 aromatic rings. The van der Waals surface area contributed by atoms with Gasteiger partial charge in [-0.1, -0.05) is 139 Å². The number of hydrogen-bond acceptors (Lipinski definition) is 4. The zero-order valence-electron chi connectivity index (χ0n) is 29.8. The lowest BCUT2D eigenvalue weighted by Gasteiger charge is -2.22. The number of aromatic nitrogens is 2. The van der Waals surface area contributed by atoms with Gasteiger partial charge in [-0.3, -0.25) is 0 Å². The molecular formula is C46H44N2O2. The Morgan fingerprint density at radius 2 is 0.820 bits per heavy atom. The molecule has 0 spiro atoms. The normalized spacial score (nSPS) is 12.0. The van der Waals surface area contributed by atoms with Crippen LogP contribution in [0, 0.1) is 0 Å². The van der Waals surface area contributed by atoms with Crippen molar-refractivity contribution >= 4 is 21.8 Å². The van der Waals surface area contributed by atoms with Gasteiger partial charge in [0.15, 0.2) is 0 Å². The third-order valence-electron chi connectivity index (χ3n) is 9.24. The fraction of sp³-hybridized carbons (Fsp3) is 0.217. The topological polar surface area (TPSA) is 44.2 Å². The number of fused-ring (bicyclic) bond motifs is 3. The lowest BCUT2D eigenvalue weighted by molar-refractivity contribution is 0.307. The van der Waals surface area contributed by atoms with E-state index in [0.717, 1.165) is 66.9 Å². The van der Waals surface area contributed by atoms with E-state index < -0.39 is 0 Å². The van der Waals surface area contributed by atoms with Crippen LogP contribution < -0.4 is 9.47 Å². The van der Waals surface area contributed by atoms with E-state index in [1.54, 1.807) is 0 Å². The van der Waals surface area contributed by atoms with Crippen molar-refractivity contribution in [2.45, 2.75) is 65.6 Å². The van der Waals surface area contributed by atoms with Crippen molar-refractivity contribution in [1.29, 1.82) is 0 Å². The Morgan fingerprint density at radius 3 is 1.20 bits per heavy atom. The van der Waals surface area contributed by atoms with Gasteiger partial charge in [0.25, 0.3) is 0 Å². The molecule has 50 heavy (non-hydrogen) atoms. The van der Waals surface area contributed by atoms with E-state index >= 15 is 0 Å². The van der Waals surface area contributed by atoms with Crippen molar-refractivity contribution in [3.05, 3.63) is 156 Å². The van der Waals surface area contributed by atoms with Gasteiger partial charge in [0.1, 0.15) is 24.7 Å². The highest BCUT2D eigenvalue weighted by atomic mass is 16.5. The first-order valence-corrected chi connectivity index (χ1v) is 17.4. The lowest BCUT2D eigenvalue weighted by atomic mass is 9.85. The summed E-state index contributed by atoms with van der Waals surface area (Å²) in [4.78, 5) is 10.7. The highest BCUT2D eigenvalue weighted by Crippen LogP contribution is 2.38. The zero-order valence-corrected chi connectivity index (χ0v) is 29.8. The molecule has 0 N–H and O–H groups in total. The number of ether oxygens (including phenoxy) is 2. The molecule has 0 bridgehead atoms. The van der Waals surface area contributed by atoms with Crippen LogP contribution in [0.4, 0.5) is 0 Å². The summed E-state index contributed by atoms with van der Waals surface area (Å²) in [5.41, 5.74) is 9.99. The van der Waals surface area contributed by atoms with Gasteiger partial charge in [-0.2, -0.15) is 0 Å². The van der Waals surface area contributed by atoms with E-state index in [-0.39, 0.29) is 10.8 Å². The van der Waals surface area contributed by atoms with Gasteiger partial charge < -0.3 is 9.47 Å². The van der Waals surface area contributed by atoms with Crippen LogP contribution in [0.1, 0.15) is 63.8 Å². The quantitative estimate of drug-likeness (QED) is 0.153. The van der Waals surface area contributed by atoms with Crippen LogP contribution in [0.5, 0.6) is 11.5 Å². The molecule has 0 atom stereocenters. The van der Waals surface area contributed by atoms with E-state index in [4.69, 9.17) is 19.4 Å². The van der Waals surface area contributed by atoms with Gasteiger partial charge in [-0.05, 0) is 69.5 Å². The maximum Gasteiger partial charge on any atom is 0.129 e. The maximum absolute atomic E-state index is 6.46. The van der Waals surface area contributed by atoms with Crippen molar-refractivity contribution in [3.63, 3.8) is 0 Å². The number of benzene rings is 5. The van der Waals surface area contributed by atoms with Crippen LogP contribution in [0.2, 0.25) is 0 Å². The molecule has 0 aliphatic rings. The smallest absolute Gasteiger partial charge is 0.129 e. The highest BCUT2D eigenvalue weighted by molar-refractivity contribution is 6.04. The van der Waals surface area contributed by atoms with Crippen LogP contribution in [-0.4, -0.2) is 9.97 Å². The van der Waals surface area contributed by atoms with Gasteiger partial charge in [0, 0.05) is 21.9 Å². The Labute approximate surface area is 295 Å². The minimum absolute atomic E-state index is 0.0331. The molecule has 2 heterocycles. The molecule has 5 aromatic carbocycles. The Hall–Kier alpha value is -5.48. The molecule has 0 aliphatic carbocycles. The molecule has 0 amide bonds. The Bertz CT molecular complexity index is 2120. The third-order valence-corrected chi connectivity index (χ3v) is 9.24. The zero-order chi connectivity index (χ0) is 34.9. The first-order chi connectivity index (χ1) is 24.0. The molecule has 0 fully saturated rings. The molecule has 0 unspecified atom stereocenters. The Kier molecular flexibility index (Phi) is 8.88. The fourth-order valence-electron chi connectivity index (χ4n) is 6.18. The van der Waals surface area contributed by atoms with Gasteiger partial charge in [-0.25, -0.2) is 9.97 Å². The van der Waals surface area contributed by atoms with Crippen LogP contribution in [-0.2, 0) is 24.0 Å². The van der Waals surface area contributed by atoms with Crippen molar-refractivity contribution in [2.24, 2.45) is 0 Å². The van der Waals surface area contributed by atoms with Gasteiger partial charge in [-0.15, -0.1) is 0 Å². The van der Waals surface area contributed by atoms with Crippen molar-refractivity contribution < 1.29 is 9.47 Å². The number of rotatable bonds is 8. The van der Waals surface area contributed by atoms with Crippen molar-refractivity contribution in [2.75, 3.05) is 0 Å². The first-order valence-electron chi connectivity index (χ1n) is 17.4. The average molecular weight is 657 g/mol. The molecule has 0 saturated carbocycles. The molecule has 2 aromatic heterocycles. The van der Waals surface area contributed by atoms with Crippen LogP contribution in [0.25, 0.3) is 44.3 Å². The average Bonchev–Trinajstić information content (AvgIpc) is 3.12. The summed E-state index contributed by atoms with van der Waals surface area (Å²) in [5, 5.41) is 2.07. The lowest BCUT2D eigenvalue weighted by Crippen LogP contribution is -2.11. The molecule has 4 nitrogen and oxygen atoms in total. The summed E-state index contributed by atoms with van der Waals surface area (Å²) in [6.45, 7) is 14.3. The summed E-state index contributed by atoms with van der Waals surface area (Å²) < 4.78 is 12.9. The van der Waals surface area contributed by atoms with Crippen LogP contribution >= 0.6 is 0 Å². The molecule has 0 aliphatic heterocycles. The molecule has 250 valence electrons. The number of pyridine rings is 2. The molecule has 7 rings (SSSR count). The summed E-state index contributed by atoms with van der Waals surface area (Å²) in [7, 11) is 0. The predicted molar refractivity (Wildman–Crippen MR) is 207 cm³/mol. The molecule has 4 heteroatoms. The highest BCUT2D eigenvalue weighted by Gasteiger charge is 2.20. The van der Waals surface area contributed by atoms with Gasteiger partial charge in [0.05, 0.1) is 22.4 Å². The standard InChI is InChI=1S/C46H44N2O2/c1-45(2,3)35-21-25-41(49-29-31-13-9-7-10-14-31)37(27-35)39-23-19-33-17-18-34-20-24-40(48-44(34)43(33)47-39)38-28-36(46(4,5)6)22-26-42(38)50-30-32-15-11-8-12-16-32/h7-28H,29-30H2,1-6H3. The minimum atomic E-state index is -0.0331. The van der Waals surface area contributed by atoms with E-state index in [1.165, 1.54) is 11.1 Å². The second-order valence-corrected chi connectivity index (χ2v) is 15.1. The van der Waals surface area contributed by atoms with Crippen molar-refractivity contribution in [3.8, 4) is 34.0 Å². The van der Waals surface area contributed by atoms with Gasteiger partial charge in [0.2, 0.25) is 0 Å². The monoisotopic (exact) mass is 656 g/mol. The van der Waals surface area contributed by atoms with Crippen molar-refractivity contribution in [1.82, 2.24) is 9.97 Å². The van der Waals surface area contributed by atoms with Gasteiger partial charge >= 0.3 is 0 Å². The third kappa shape index (κ3) is 7.11. The SMILES string of the molecule is CC(C)(C)c1ccc(OCc2ccccc2)c(-c2ccc3ccc4ccc(-c5cc(C(C)(C)C)ccc5OCc5ccccc5)nc4c3n2)c1. The van der Waals surface area contributed by atoms with E-state index in [9.17, 15) is 0 Å². The summed E-state index contributed by atoms with van der Waals surface area (Å²) in [5.74, 6) is 1.61. The summed E-state index contributed by atoms with van der Waals surface area (Å²) >= 11 is 0. The summed E-state index contributed by atoms with van der Waals surface area (Å²) in [6, 6.07) is 46.2. The Morgan fingerprint density at radius 1 is 0.440 bits per heavy atom. The number of hydrogen-bond donors (Lipinski definition) is 0. The van der Waals surface area contributed by atoms with Crippen LogP contribution in [0.15, 0.2) is 133 Å².